The van der Waals surface area contributed by atoms with Gasteiger partial charge >= 0.3 is 0 Å². The van der Waals surface area contributed by atoms with E-state index < -0.39 is 17.6 Å². The average Bonchev–Trinajstić information content (AvgIpc) is 2.98. The quantitative estimate of drug-likeness (QED) is 0.648. The van der Waals surface area contributed by atoms with Crippen molar-refractivity contribution in [2.45, 2.75) is 0 Å². The number of nitrogens with zero attached hydrogens (tertiary/aromatic N) is 1. The summed E-state index contributed by atoms with van der Waals surface area (Å²) in [4.78, 5) is 24.2. The molecule has 2 rings (SSSR count). The van der Waals surface area contributed by atoms with E-state index in [9.17, 15) is 14.0 Å². The molecule has 2 N–H and O–H groups in total. The van der Waals surface area contributed by atoms with Crippen LogP contribution >= 0.6 is 22.9 Å². The number of hydrogen-bond donors (Lipinski definition) is 2. The minimum absolute atomic E-state index is 0.0198. The molecule has 0 unspecified atom stereocenters. The molecule has 1 heterocycles. The minimum atomic E-state index is -0.763. The molecular formula is C14H11ClFN3O2S. The first-order chi connectivity index (χ1) is 10.6. The van der Waals surface area contributed by atoms with Crippen molar-refractivity contribution in [2.24, 2.45) is 5.10 Å². The molecule has 0 radical (unpaired) electrons. The highest BCUT2D eigenvalue weighted by Crippen LogP contribution is 2.18. The fraction of sp³-hybridized carbons (Fsp3) is 0.0714. The molecule has 0 atom stereocenters. The van der Waals surface area contributed by atoms with Gasteiger partial charge in [0.05, 0.1) is 23.3 Å². The van der Waals surface area contributed by atoms with Crippen molar-refractivity contribution in [3.05, 3.63) is 57.0 Å². The topological polar surface area (TPSA) is 70.6 Å². The van der Waals surface area contributed by atoms with E-state index in [0.717, 1.165) is 10.9 Å². The van der Waals surface area contributed by atoms with Crippen LogP contribution in [-0.2, 0) is 4.79 Å². The fourth-order valence-electron chi connectivity index (χ4n) is 1.54. The molecule has 0 saturated heterocycles. The van der Waals surface area contributed by atoms with Crippen LogP contribution < -0.4 is 10.7 Å². The zero-order chi connectivity index (χ0) is 15.9. The van der Waals surface area contributed by atoms with Gasteiger partial charge < -0.3 is 5.32 Å². The van der Waals surface area contributed by atoms with Crippen LogP contribution in [0.5, 0.6) is 0 Å². The number of amides is 2. The lowest BCUT2D eigenvalue weighted by Gasteiger charge is -2.06. The van der Waals surface area contributed by atoms with Gasteiger partial charge in [0, 0.05) is 4.88 Å². The van der Waals surface area contributed by atoms with Crippen molar-refractivity contribution in [2.75, 3.05) is 6.54 Å². The summed E-state index contributed by atoms with van der Waals surface area (Å²) in [5.74, 6) is -2.05. The highest BCUT2D eigenvalue weighted by atomic mass is 35.5. The summed E-state index contributed by atoms with van der Waals surface area (Å²) in [6, 6.07) is 7.59. The number of benzene rings is 1. The molecule has 0 aliphatic heterocycles. The molecular weight excluding hydrogens is 329 g/mol. The first-order valence-corrected chi connectivity index (χ1v) is 7.41. The molecule has 1 aromatic heterocycles. The third kappa shape index (κ3) is 4.37. The number of carbonyl (C=O) groups excluding carboxylic acids is 2. The van der Waals surface area contributed by atoms with Gasteiger partial charge in [-0.05, 0) is 23.6 Å². The van der Waals surface area contributed by atoms with E-state index in [1.165, 1.54) is 29.7 Å². The van der Waals surface area contributed by atoms with Crippen LogP contribution in [0.15, 0.2) is 40.8 Å². The van der Waals surface area contributed by atoms with Crippen LogP contribution in [0.1, 0.15) is 15.2 Å². The lowest BCUT2D eigenvalue weighted by molar-refractivity contribution is -0.120. The molecule has 0 bridgehead atoms. The number of halogens is 2. The summed E-state index contributed by atoms with van der Waals surface area (Å²) in [5.41, 5.74) is 1.96. The molecule has 0 spiro atoms. The van der Waals surface area contributed by atoms with Gasteiger partial charge in [-0.3, -0.25) is 9.59 Å². The molecule has 1 aromatic carbocycles. The molecule has 0 aliphatic rings. The third-order valence-corrected chi connectivity index (χ3v) is 3.65. The SMILES string of the molecule is O=C(CNC(=O)c1c(F)cccc1Cl)N/N=C\c1cccs1. The predicted octanol–water partition coefficient (Wildman–Crippen LogP) is 2.42. The van der Waals surface area contributed by atoms with E-state index in [4.69, 9.17) is 11.6 Å². The second-order valence-electron chi connectivity index (χ2n) is 4.09. The molecule has 0 fully saturated rings. The van der Waals surface area contributed by atoms with Gasteiger partial charge in [-0.15, -0.1) is 11.3 Å². The van der Waals surface area contributed by atoms with Crippen LogP contribution in [-0.4, -0.2) is 24.6 Å². The van der Waals surface area contributed by atoms with Crippen molar-refractivity contribution in [3.63, 3.8) is 0 Å². The molecule has 5 nitrogen and oxygen atoms in total. The maximum Gasteiger partial charge on any atom is 0.259 e. The van der Waals surface area contributed by atoms with Gasteiger partial charge in [-0.1, -0.05) is 23.7 Å². The highest BCUT2D eigenvalue weighted by Gasteiger charge is 2.16. The predicted molar refractivity (Wildman–Crippen MR) is 83.8 cm³/mol. The molecule has 22 heavy (non-hydrogen) atoms. The second kappa shape index (κ2) is 7.67. The van der Waals surface area contributed by atoms with E-state index in [1.54, 1.807) is 0 Å². The second-order valence-corrected chi connectivity index (χ2v) is 5.47. The Bertz CT molecular complexity index is 684. The van der Waals surface area contributed by atoms with Crippen molar-refractivity contribution < 1.29 is 14.0 Å². The molecule has 0 saturated carbocycles. The van der Waals surface area contributed by atoms with Crippen LogP contribution in [0.25, 0.3) is 0 Å². The van der Waals surface area contributed by atoms with E-state index in [-0.39, 0.29) is 17.1 Å². The molecule has 8 heteroatoms. The lowest BCUT2D eigenvalue weighted by Crippen LogP contribution is -2.35. The van der Waals surface area contributed by atoms with E-state index in [2.05, 4.69) is 15.8 Å². The normalized spacial score (nSPS) is 10.6. The van der Waals surface area contributed by atoms with E-state index >= 15 is 0 Å². The van der Waals surface area contributed by atoms with Crippen LogP contribution in [0.3, 0.4) is 0 Å². The fourth-order valence-corrected chi connectivity index (χ4v) is 2.37. The van der Waals surface area contributed by atoms with Gasteiger partial charge in [-0.25, -0.2) is 9.82 Å². The van der Waals surface area contributed by atoms with Gasteiger partial charge in [0.1, 0.15) is 5.82 Å². The monoisotopic (exact) mass is 339 g/mol. The number of nitrogens with one attached hydrogen (secondary N) is 2. The summed E-state index contributed by atoms with van der Waals surface area (Å²) in [7, 11) is 0. The number of thiophene rings is 1. The van der Waals surface area contributed by atoms with Crippen LogP contribution in [0, 0.1) is 5.82 Å². The van der Waals surface area contributed by atoms with E-state index in [0.29, 0.717) is 0 Å². The zero-order valence-corrected chi connectivity index (χ0v) is 12.7. The Kier molecular flexibility index (Phi) is 5.62. The number of rotatable bonds is 5. The Morgan fingerprint density at radius 1 is 1.32 bits per heavy atom. The van der Waals surface area contributed by atoms with Gasteiger partial charge in [0.25, 0.3) is 11.8 Å². The number of hydrogen-bond acceptors (Lipinski definition) is 4. The van der Waals surface area contributed by atoms with Crippen molar-refractivity contribution in [1.29, 1.82) is 0 Å². The Morgan fingerprint density at radius 3 is 2.82 bits per heavy atom. The maximum absolute atomic E-state index is 13.5. The summed E-state index contributed by atoms with van der Waals surface area (Å²) in [6.07, 6.45) is 1.48. The molecule has 2 amide bonds. The summed E-state index contributed by atoms with van der Waals surface area (Å²) < 4.78 is 13.5. The lowest BCUT2D eigenvalue weighted by atomic mass is 10.2. The van der Waals surface area contributed by atoms with Crippen LogP contribution in [0.2, 0.25) is 5.02 Å². The van der Waals surface area contributed by atoms with Crippen molar-refractivity contribution >= 4 is 41.0 Å². The standard InChI is InChI=1S/C14H11ClFN3O2S/c15-10-4-1-5-11(16)13(10)14(21)17-8-12(20)19-18-7-9-3-2-6-22-9/h1-7H,8H2,(H,17,21)(H,19,20)/b18-7-. The molecule has 2 aromatic rings. The highest BCUT2D eigenvalue weighted by molar-refractivity contribution is 7.11. The van der Waals surface area contributed by atoms with Gasteiger partial charge in [0.2, 0.25) is 0 Å². The molecule has 0 aliphatic carbocycles. The van der Waals surface area contributed by atoms with Crippen LogP contribution in [0.4, 0.5) is 4.39 Å². The number of hydrazone groups is 1. The first-order valence-electron chi connectivity index (χ1n) is 6.15. The Hall–Kier alpha value is -2.25. The van der Waals surface area contributed by atoms with Crippen molar-refractivity contribution in [1.82, 2.24) is 10.7 Å². The molecule has 114 valence electrons. The summed E-state index contributed by atoms with van der Waals surface area (Å²) in [6.45, 7) is -0.342. The van der Waals surface area contributed by atoms with Crippen molar-refractivity contribution in [3.8, 4) is 0 Å². The Morgan fingerprint density at radius 2 is 2.14 bits per heavy atom. The van der Waals surface area contributed by atoms with Gasteiger partial charge in [0.15, 0.2) is 0 Å². The summed E-state index contributed by atoms with van der Waals surface area (Å²) >= 11 is 7.22. The smallest absolute Gasteiger partial charge is 0.259 e. The largest absolute Gasteiger partial charge is 0.343 e. The Labute approximate surface area is 134 Å². The van der Waals surface area contributed by atoms with Gasteiger partial charge in [-0.2, -0.15) is 5.10 Å². The number of carbonyl (C=O) groups is 2. The first kappa shape index (κ1) is 16.1. The Balaban J connectivity index is 1.84. The average molecular weight is 340 g/mol. The maximum atomic E-state index is 13.5. The van der Waals surface area contributed by atoms with E-state index in [1.807, 2.05) is 17.5 Å². The minimum Gasteiger partial charge on any atom is -0.343 e. The summed E-state index contributed by atoms with van der Waals surface area (Å²) in [5, 5.41) is 7.87. The third-order valence-electron chi connectivity index (χ3n) is 2.52. The zero-order valence-electron chi connectivity index (χ0n) is 11.2.